The van der Waals surface area contributed by atoms with Crippen molar-refractivity contribution in [3.63, 3.8) is 0 Å². The molecule has 0 saturated carbocycles. The van der Waals surface area contributed by atoms with Crippen LogP contribution < -0.4 is 15.8 Å². The van der Waals surface area contributed by atoms with Crippen LogP contribution in [0.4, 0.5) is 17.3 Å². The van der Waals surface area contributed by atoms with E-state index in [2.05, 4.69) is 69.4 Å². The van der Waals surface area contributed by atoms with Gasteiger partial charge in [0, 0.05) is 40.9 Å². The fourth-order valence-electron chi connectivity index (χ4n) is 3.51. The number of nitrogens with zero attached hydrogens (tertiary/aromatic N) is 3. The highest BCUT2D eigenvalue weighted by Crippen LogP contribution is 2.28. The highest BCUT2D eigenvalue weighted by Gasteiger charge is 2.07. The third-order valence-corrected chi connectivity index (χ3v) is 4.94. The summed E-state index contributed by atoms with van der Waals surface area (Å²) < 4.78 is 8.17. The van der Waals surface area contributed by atoms with Crippen molar-refractivity contribution in [2.24, 2.45) is 0 Å². The lowest BCUT2D eigenvalue weighted by molar-refractivity contribution is 0.463. The number of fused-ring (bicyclic) bond motifs is 1. The Kier molecular flexibility index (Phi) is 4.72. The summed E-state index contributed by atoms with van der Waals surface area (Å²) >= 11 is 0. The van der Waals surface area contributed by atoms with Crippen molar-refractivity contribution in [2.45, 2.75) is 6.92 Å². The van der Waals surface area contributed by atoms with E-state index in [-0.39, 0.29) is 0 Å². The van der Waals surface area contributed by atoms with E-state index in [0.717, 1.165) is 22.3 Å². The maximum absolute atomic E-state index is 6.00. The molecule has 6 nitrogen and oxygen atoms in total. The zero-order valence-corrected chi connectivity index (χ0v) is 17.0. The number of benzene rings is 3. The standard InChI is InChI=1S/C25H21N5O/c1-17-4-2-7-21(14-17)30-13-11-18-15-22(8-9-23(18)30)31-24-10-12-27-25(29-24)28-20-6-3-5-19(26)16-20/h2-16H,26H2,1H3,(H,27,28,29). The summed E-state index contributed by atoms with van der Waals surface area (Å²) in [6, 6.07) is 25.7. The fourth-order valence-corrected chi connectivity index (χ4v) is 3.51. The molecule has 2 heterocycles. The van der Waals surface area contributed by atoms with Crippen molar-refractivity contribution in [1.29, 1.82) is 0 Å². The summed E-state index contributed by atoms with van der Waals surface area (Å²) in [5, 5.41) is 4.23. The van der Waals surface area contributed by atoms with Crippen LogP contribution in [0.25, 0.3) is 16.6 Å². The Morgan fingerprint density at radius 1 is 0.935 bits per heavy atom. The number of hydrogen-bond acceptors (Lipinski definition) is 5. The normalized spacial score (nSPS) is 10.9. The molecule has 0 saturated heterocycles. The van der Waals surface area contributed by atoms with Gasteiger partial charge in [-0.1, -0.05) is 18.2 Å². The van der Waals surface area contributed by atoms with Crippen molar-refractivity contribution in [3.05, 3.63) is 96.8 Å². The van der Waals surface area contributed by atoms with Crippen molar-refractivity contribution in [3.8, 4) is 17.3 Å². The molecule has 0 atom stereocenters. The molecular weight excluding hydrogens is 386 g/mol. The molecule has 2 aromatic heterocycles. The Labute approximate surface area is 180 Å². The Bertz CT molecular complexity index is 1380. The number of rotatable bonds is 5. The summed E-state index contributed by atoms with van der Waals surface area (Å²) in [6.07, 6.45) is 3.73. The minimum Gasteiger partial charge on any atom is -0.439 e. The Morgan fingerprint density at radius 2 is 1.84 bits per heavy atom. The van der Waals surface area contributed by atoms with E-state index < -0.39 is 0 Å². The molecule has 152 valence electrons. The van der Waals surface area contributed by atoms with Gasteiger partial charge in [-0.15, -0.1) is 0 Å². The quantitative estimate of drug-likeness (QED) is 0.358. The molecule has 5 aromatic rings. The first-order valence-corrected chi connectivity index (χ1v) is 9.96. The fraction of sp³-hybridized carbons (Fsp3) is 0.0400. The average Bonchev–Trinajstić information content (AvgIpc) is 3.17. The highest BCUT2D eigenvalue weighted by molar-refractivity contribution is 5.83. The summed E-state index contributed by atoms with van der Waals surface area (Å²) in [7, 11) is 0. The van der Waals surface area contributed by atoms with Crippen LogP contribution in [0.5, 0.6) is 11.6 Å². The third-order valence-electron chi connectivity index (χ3n) is 4.94. The SMILES string of the molecule is Cc1cccc(-n2ccc3cc(Oc4ccnc(Nc5cccc(N)c5)n4)ccc32)c1. The van der Waals surface area contributed by atoms with Crippen LogP contribution in [-0.4, -0.2) is 14.5 Å². The van der Waals surface area contributed by atoms with Gasteiger partial charge in [-0.2, -0.15) is 4.98 Å². The van der Waals surface area contributed by atoms with Gasteiger partial charge in [0.05, 0.1) is 5.52 Å². The molecule has 6 heteroatoms. The lowest BCUT2D eigenvalue weighted by Gasteiger charge is -2.09. The monoisotopic (exact) mass is 407 g/mol. The minimum absolute atomic E-state index is 0.440. The van der Waals surface area contributed by atoms with Crippen molar-refractivity contribution >= 4 is 28.2 Å². The second-order valence-electron chi connectivity index (χ2n) is 7.32. The number of nitrogens with two attached hydrogens (primary N) is 1. The maximum atomic E-state index is 6.00. The first-order valence-electron chi connectivity index (χ1n) is 9.96. The van der Waals surface area contributed by atoms with E-state index >= 15 is 0 Å². The topological polar surface area (TPSA) is 78.0 Å². The molecule has 0 fully saturated rings. The van der Waals surface area contributed by atoms with Crippen LogP contribution in [0.2, 0.25) is 0 Å². The lowest BCUT2D eigenvalue weighted by Crippen LogP contribution is -1.99. The zero-order chi connectivity index (χ0) is 21.2. The molecule has 0 bridgehead atoms. The van der Waals surface area contributed by atoms with Gasteiger partial charge in [-0.05, 0) is 67.1 Å². The molecule has 0 aliphatic heterocycles. The molecule has 0 spiro atoms. The van der Waals surface area contributed by atoms with Crippen LogP contribution >= 0.6 is 0 Å². The summed E-state index contributed by atoms with van der Waals surface area (Å²) in [6.45, 7) is 2.10. The molecule has 0 aliphatic carbocycles. The molecule has 0 unspecified atom stereocenters. The Hall–Kier alpha value is -4.32. The number of aromatic nitrogens is 3. The second-order valence-corrected chi connectivity index (χ2v) is 7.32. The summed E-state index contributed by atoms with van der Waals surface area (Å²) in [5.41, 5.74) is 10.8. The molecule has 5 rings (SSSR count). The van der Waals surface area contributed by atoms with Gasteiger partial charge in [0.25, 0.3) is 0 Å². The number of aryl methyl sites for hydroxylation is 1. The third kappa shape index (κ3) is 4.04. The number of nitrogens with one attached hydrogen (secondary N) is 1. The smallest absolute Gasteiger partial charge is 0.230 e. The van der Waals surface area contributed by atoms with Gasteiger partial charge < -0.3 is 20.4 Å². The molecule has 31 heavy (non-hydrogen) atoms. The van der Waals surface area contributed by atoms with E-state index in [4.69, 9.17) is 10.5 Å². The highest BCUT2D eigenvalue weighted by atomic mass is 16.5. The Balaban J connectivity index is 1.38. The van der Waals surface area contributed by atoms with Gasteiger partial charge in [-0.3, -0.25) is 0 Å². The lowest BCUT2D eigenvalue weighted by atomic mass is 10.2. The molecule has 0 radical (unpaired) electrons. The van der Waals surface area contributed by atoms with E-state index in [9.17, 15) is 0 Å². The zero-order valence-electron chi connectivity index (χ0n) is 17.0. The predicted octanol–water partition coefficient (Wildman–Crippen LogP) is 5.85. The first kappa shape index (κ1) is 18.7. The van der Waals surface area contributed by atoms with Crippen molar-refractivity contribution < 1.29 is 4.74 Å². The number of nitrogen functional groups attached to an aromatic ring is 1. The average molecular weight is 407 g/mol. The number of ether oxygens (including phenoxy) is 1. The molecule has 0 amide bonds. The van der Waals surface area contributed by atoms with Crippen molar-refractivity contribution in [1.82, 2.24) is 14.5 Å². The van der Waals surface area contributed by atoms with E-state index in [1.165, 1.54) is 5.56 Å². The summed E-state index contributed by atoms with van der Waals surface area (Å²) in [4.78, 5) is 8.70. The van der Waals surface area contributed by atoms with Gasteiger partial charge >= 0.3 is 0 Å². The minimum atomic E-state index is 0.440. The van der Waals surface area contributed by atoms with E-state index in [0.29, 0.717) is 23.3 Å². The van der Waals surface area contributed by atoms with Crippen LogP contribution in [0.3, 0.4) is 0 Å². The van der Waals surface area contributed by atoms with Crippen LogP contribution in [0.1, 0.15) is 5.56 Å². The molecule has 0 aliphatic rings. The van der Waals surface area contributed by atoms with E-state index in [1.807, 2.05) is 36.4 Å². The van der Waals surface area contributed by atoms with Gasteiger partial charge in [0.15, 0.2) is 0 Å². The molecule has 3 N–H and O–H groups in total. The molecule has 3 aromatic carbocycles. The molecular formula is C25H21N5O. The second kappa shape index (κ2) is 7.84. The van der Waals surface area contributed by atoms with Crippen LogP contribution in [-0.2, 0) is 0 Å². The summed E-state index contributed by atoms with van der Waals surface area (Å²) in [5.74, 6) is 1.61. The maximum Gasteiger partial charge on any atom is 0.230 e. The number of anilines is 3. The number of hydrogen-bond donors (Lipinski definition) is 2. The van der Waals surface area contributed by atoms with E-state index in [1.54, 1.807) is 12.3 Å². The Morgan fingerprint density at radius 3 is 2.71 bits per heavy atom. The van der Waals surface area contributed by atoms with Gasteiger partial charge in [0.2, 0.25) is 11.8 Å². The van der Waals surface area contributed by atoms with Crippen molar-refractivity contribution in [2.75, 3.05) is 11.1 Å². The van der Waals surface area contributed by atoms with Crippen LogP contribution in [0.15, 0.2) is 91.3 Å². The van der Waals surface area contributed by atoms with Gasteiger partial charge in [0.1, 0.15) is 5.75 Å². The first-order chi connectivity index (χ1) is 15.1. The largest absolute Gasteiger partial charge is 0.439 e. The predicted molar refractivity (Wildman–Crippen MR) is 124 cm³/mol. The van der Waals surface area contributed by atoms with Gasteiger partial charge in [-0.25, -0.2) is 4.98 Å². The van der Waals surface area contributed by atoms with Crippen LogP contribution in [0, 0.1) is 6.92 Å².